The second-order valence-corrected chi connectivity index (χ2v) is 3.63. The van der Waals surface area contributed by atoms with Crippen LogP contribution in [0.3, 0.4) is 0 Å². The first kappa shape index (κ1) is 11.2. The molecule has 1 aromatic heterocycles. The van der Waals surface area contributed by atoms with Gasteiger partial charge in [-0.05, 0) is 18.1 Å². The normalized spacial score (nSPS) is 10.4. The van der Waals surface area contributed by atoms with Crippen LogP contribution in [-0.2, 0) is 16.0 Å². The molecular weight excluding hydrogens is 220 g/mol. The van der Waals surface area contributed by atoms with Crippen LogP contribution in [-0.4, -0.2) is 18.4 Å². The maximum Gasteiger partial charge on any atom is 0.309 e. The summed E-state index contributed by atoms with van der Waals surface area (Å²) in [7, 11) is 0. The SMILES string of the molecule is NC(=O)C(=O)NCCc1coc2ccccc12. The number of para-hydroxylation sites is 1. The van der Waals surface area contributed by atoms with Crippen LogP contribution in [0.5, 0.6) is 0 Å². The van der Waals surface area contributed by atoms with Crippen LogP contribution in [0, 0.1) is 0 Å². The highest BCUT2D eigenvalue weighted by atomic mass is 16.3. The van der Waals surface area contributed by atoms with E-state index in [4.69, 9.17) is 10.2 Å². The average molecular weight is 232 g/mol. The summed E-state index contributed by atoms with van der Waals surface area (Å²) in [4.78, 5) is 21.4. The Morgan fingerprint density at radius 2 is 2.06 bits per heavy atom. The highest BCUT2D eigenvalue weighted by Crippen LogP contribution is 2.20. The Morgan fingerprint density at radius 1 is 1.29 bits per heavy atom. The molecule has 0 fully saturated rings. The molecule has 0 radical (unpaired) electrons. The topological polar surface area (TPSA) is 85.3 Å². The molecule has 88 valence electrons. The molecule has 2 amide bonds. The first-order valence-electron chi connectivity index (χ1n) is 5.21. The minimum atomic E-state index is -0.970. The third-order valence-electron chi connectivity index (χ3n) is 2.46. The van der Waals surface area contributed by atoms with Crippen molar-refractivity contribution in [3.8, 4) is 0 Å². The van der Waals surface area contributed by atoms with Crippen molar-refractivity contribution in [3.63, 3.8) is 0 Å². The van der Waals surface area contributed by atoms with Crippen LogP contribution < -0.4 is 11.1 Å². The van der Waals surface area contributed by atoms with Gasteiger partial charge in [0.1, 0.15) is 5.58 Å². The fourth-order valence-electron chi connectivity index (χ4n) is 1.62. The van der Waals surface area contributed by atoms with Crippen LogP contribution in [0.2, 0.25) is 0 Å². The summed E-state index contributed by atoms with van der Waals surface area (Å²) in [5.74, 6) is -1.74. The van der Waals surface area contributed by atoms with E-state index < -0.39 is 11.8 Å². The van der Waals surface area contributed by atoms with Gasteiger partial charge in [0.25, 0.3) is 0 Å². The highest BCUT2D eigenvalue weighted by Gasteiger charge is 2.08. The minimum absolute atomic E-state index is 0.352. The van der Waals surface area contributed by atoms with E-state index in [0.717, 1.165) is 16.5 Å². The zero-order chi connectivity index (χ0) is 12.3. The number of rotatable bonds is 3. The third kappa shape index (κ3) is 2.44. The second-order valence-electron chi connectivity index (χ2n) is 3.63. The van der Waals surface area contributed by atoms with Crippen molar-refractivity contribution in [3.05, 3.63) is 36.1 Å². The van der Waals surface area contributed by atoms with Crippen LogP contribution >= 0.6 is 0 Å². The standard InChI is InChI=1S/C12H12N2O3/c13-11(15)12(16)14-6-5-8-7-17-10-4-2-1-3-9(8)10/h1-4,7H,5-6H2,(H2,13,15)(H,14,16). The van der Waals surface area contributed by atoms with Gasteiger partial charge in [0.15, 0.2) is 0 Å². The number of hydrogen-bond acceptors (Lipinski definition) is 3. The summed E-state index contributed by atoms with van der Waals surface area (Å²) < 4.78 is 5.35. The van der Waals surface area contributed by atoms with E-state index >= 15 is 0 Å². The molecule has 5 nitrogen and oxygen atoms in total. The molecule has 17 heavy (non-hydrogen) atoms. The van der Waals surface area contributed by atoms with Gasteiger partial charge in [0.05, 0.1) is 6.26 Å². The van der Waals surface area contributed by atoms with E-state index in [-0.39, 0.29) is 0 Å². The Kier molecular flexibility index (Phi) is 3.09. The molecule has 1 aromatic carbocycles. The minimum Gasteiger partial charge on any atom is -0.464 e. The van der Waals surface area contributed by atoms with Gasteiger partial charge in [0, 0.05) is 11.9 Å². The smallest absolute Gasteiger partial charge is 0.309 e. The van der Waals surface area contributed by atoms with Gasteiger partial charge in [-0.1, -0.05) is 18.2 Å². The fourth-order valence-corrected chi connectivity index (χ4v) is 1.62. The predicted molar refractivity (Wildman–Crippen MR) is 62.1 cm³/mol. The predicted octanol–water partition coefficient (Wildman–Crippen LogP) is 0.577. The largest absolute Gasteiger partial charge is 0.464 e. The maximum absolute atomic E-state index is 10.9. The van der Waals surface area contributed by atoms with E-state index in [2.05, 4.69) is 5.32 Å². The summed E-state index contributed by atoms with van der Waals surface area (Å²) in [5.41, 5.74) is 6.62. The molecule has 0 aliphatic carbocycles. The Bertz CT molecular complexity index is 560. The van der Waals surface area contributed by atoms with Crippen molar-refractivity contribution in [2.24, 2.45) is 5.73 Å². The van der Waals surface area contributed by atoms with Crippen LogP contribution in [0.1, 0.15) is 5.56 Å². The van der Waals surface area contributed by atoms with E-state index in [9.17, 15) is 9.59 Å². The van der Waals surface area contributed by atoms with Gasteiger partial charge in [-0.15, -0.1) is 0 Å². The summed E-state index contributed by atoms with van der Waals surface area (Å²) in [5, 5.41) is 3.44. The van der Waals surface area contributed by atoms with Crippen molar-refractivity contribution in [1.29, 1.82) is 0 Å². The molecule has 0 saturated heterocycles. The van der Waals surface area contributed by atoms with Gasteiger partial charge < -0.3 is 15.5 Å². The molecule has 0 saturated carbocycles. The second kappa shape index (κ2) is 4.69. The number of furan rings is 1. The molecule has 0 atom stereocenters. The first-order chi connectivity index (χ1) is 8.18. The molecule has 0 spiro atoms. The van der Waals surface area contributed by atoms with Crippen LogP contribution in [0.4, 0.5) is 0 Å². The third-order valence-corrected chi connectivity index (χ3v) is 2.46. The molecule has 1 heterocycles. The number of fused-ring (bicyclic) bond motifs is 1. The molecule has 2 rings (SSSR count). The zero-order valence-electron chi connectivity index (χ0n) is 9.10. The molecule has 0 unspecified atom stereocenters. The lowest BCUT2D eigenvalue weighted by molar-refractivity contribution is -0.137. The monoisotopic (exact) mass is 232 g/mol. The Morgan fingerprint density at radius 3 is 2.82 bits per heavy atom. The average Bonchev–Trinajstić information content (AvgIpc) is 2.72. The molecule has 2 aromatic rings. The van der Waals surface area contributed by atoms with E-state index in [1.807, 2.05) is 24.3 Å². The first-order valence-corrected chi connectivity index (χ1v) is 5.21. The zero-order valence-corrected chi connectivity index (χ0v) is 9.10. The molecule has 5 heteroatoms. The maximum atomic E-state index is 10.9. The van der Waals surface area contributed by atoms with Gasteiger partial charge in [-0.3, -0.25) is 9.59 Å². The molecule has 3 N–H and O–H groups in total. The van der Waals surface area contributed by atoms with Crippen molar-refractivity contribution >= 4 is 22.8 Å². The highest BCUT2D eigenvalue weighted by molar-refractivity contribution is 6.34. The van der Waals surface area contributed by atoms with Crippen molar-refractivity contribution in [1.82, 2.24) is 5.32 Å². The number of hydrogen-bond donors (Lipinski definition) is 2. The van der Waals surface area contributed by atoms with Gasteiger partial charge in [0.2, 0.25) is 0 Å². The van der Waals surface area contributed by atoms with Gasteiger partial charge in [-0.25, -0.2) is 0 Å². The van der Waals surface area contributed by atoms with Crippen LogP contribution in [0.15, 0.2) is 34.9 Å². The lowest BCUT2D eigenvalue weighted by atomic mass is 10.1. The summed E-state index contributed by atoms with van der Waals surface area (Å²) in [6, 6.07) is 7.64. The molecule has 0 aliphatic heterocycles. The number of nitrogens with one attached hydrogen (secondary N) is 1. The number of amides is 2. The summed E-state index contributed by atoms with van der Waals surface area (Å²) >= 11 is 0. The Balaban J connectivity index is 2.00. The van der Waals surface area contributed by atoms with Gasteiger partial charge >= 0.3 is 11.8 Å². The summed E-state index contributed by atoms with van der Waals surface area (Å²) in [6.07, 6.45) is 2.25. The van der Waals surface area contributed by atoms with Crippen molar-refractivity contribution in [2.45, 2.75) is 6.42 Å². The molecule has 0 bridgehead atoms. The lowest BCUT2D eigenvalue weighted by Crippen LogP contribution is -2.36. The van der Waals surface area contributed by atoms with E-state index in [1.165, 1.54) is 0 Å². The number of carbonyl (C=O) groups is 2. The Labute approximate surface area is 97.6 Å². The van der Waals surface area contributed by atoms with Crippen LogP contribution in [0.25, 0.3) is 11.0 Å². The van der Waals surface area contributed by atoms with Gasteiger partial charge in [-0.2, -0.15) is 0 Å². The van der Waals surface area contributed by atoms with E-state index in [1.54, 1.807) is 6.26 Å². The van der Waals surface area contributed by atoms with Crippen molar-refractivity contribution in [2.75, 3.05) is 6.54 Å². The summed E-state index contributed by atoms with van der Waals surface area (Å²) in [6.45, 7) is 0.352. The Hall–Kier alpha value is -2.30. The number of carbonyl (C=O) groups excluding carboxylic acids is 2. The fraction of sp³-hybridized carbons (Fsp3) is 0.167. The van der Waals surface area contributed by atoms with Crippen molar-refractivity contribution < 1.29 is 14.0 Å². The number of nitrogens with two attached hydrogens (primary N) is 1. The molecular formula is C12H12N2O3. The number of primary amides is 1. The van der Waals surface area contributed by atoms with E-state index in [0.29, 0.717) is 13.0 Å². The quantitative estimate of drug-likeness (QED) is 0.759. The molecule has 0 aliphatic rings. The number of benzene rings is 1. The lowest BCUT2D eigenvalue weighted by Gasteiger charge is -2.00.